The second-order valence-corrected chi connectivity index (χ2v) is 8.36. The Bertz CT molecular complexity index is 707. The normalized spacial score (nSPS) is 15.7. The lowest BCUT2D eigenvalue weighted by atomic mass is 9.98. The highest BCUT2D eigenvalue weighted by Crippen LogP contribution is 2.20. The van der Waals surface area contributed by atoms with Crippen LogP contribution in [0.4, 0.5) is 0 Å². The van der Waals surface area contributed by atoms with E-state index in [0.717, 1.165) is 31.7 Å². The molecule has 7 nitrogen and oxygen atoms in total. The molecule has 0 heterocycles. The summed E-state index contributed by atoms with van der Waals surface area (Å²) in [4.78, 5) is 4.62. The predicted octanol–water partition coefficient (Wildman–Crippen LogP) is 2.75. The Morgan fingerprint density at radius 1 is 1.25 bits per heavy atom. The molecule has 1 aromatic carbocycles. The summed E-state index contributed by atoms with van der Waals surface area (Å²) in [5, 5.41) is 11.7. The van der Waals surface area contributed by atoms with Crippen molar-refractivity contribution in [2.45, 2.75) is 63.0 Å². The van der Waals surface area contributed by atoms with Gasteiger partial charge in [-0.25, -0.2) is 18.5 Å². The average Bonchev–Trinajstić information content (AvgIpc) is 2.66. The summed E-state index contributed by atoms with van der Waals surface area (Å²) in [7, 11) is -3.70. The van der Waals surface area contributed by atoms with Crippen molar-refractivity contribution >= 4 is 40.0 Å². The number of halogens is 1. The molecule has 160 valence electrons. The number of rotatable bonds is 9. The maximum Gasteiger partial charge on any atom is 0.238 e. The van der Waals surface area contributed by atoms with Crippen LogP contribution in [0.1, 0.15) is 51.0 Å². The maximum atomic E-state index is 11.4. The molecular weight excluding hydrogens is 491 g/mol. The molecule has 0 amide bonds. The van der Waals surface area contributed by atoms with E-state index >= 15 is 0 Å². The second-order valence-electron chi connectivity index (χ2n) is 6.80. The van der Waals surface area contributed by atoms with E-state index < -0.39 is 10.0 Å². The van der Waals surface area contributed by atoms with Gasteiger partial charge < -0.3 is 15.4 Å². The Labute approximate surface area is 186 Å². The predicted molar refractivity (Wildman–Crippen MR) is 123 cm³/mol. The van der Waals surface area contributed by atoms with Gasteiger partial charge in [-0.05, 0) is 43.9 Å². The summed E-state index contributed by atoms with van der Waals surface area (Å²) >= 11 is 0. The minimum Gasteiger partial charge on any atom is -0.378 e. The molecule has 0 unspecified atom stereocenters. The Kier molecular flexibility index (Phi) is 12.0. The van der Waals surface area contributed by atoms with Crippen molar-refractivity contribution in [1.29, 1.82) is 0 Å². The molecule has 1 fully saturated rings. The first kappa shape index (κ1) is 25.1. The summed E-state index contributed by atoms with van der Waals surface area (Å²) in [5.41, 5.74) is 0.791. The molecule has 0 spiro atoms. The Morgan fingerprint density at radius 2 is 2.00 bits per heavy atom. The van der Waals surface area contributed by atoms with Crippen molar-refractivity contribution in [1.82, 2.24) is 10.6 Å². The summed E-state index contributed by atoms with van der Waals surface area (Å²) in [6.07, 6.45) is 7.64. The van der Waals surface area contributed by atoms with Gasteiger partial charge in [0.1, 0.15) is 0 Å². The molecule has 4 N–H and O–H groups in total. The molecule has 2 rings (SSSR count). The van der Waals surface area contributed by atoms with E-state index in [1.165, 1.54) is 38.2 Å². The Hall–Kier alpha value is -0.910. The fourth-order valence-corrected chi connectivity index (χ4v) is 3.68. The first-order valence-electron chi connectivity index (χ1n) is 9.74. The summed E-state index contributed by atoms with van der Waals surface area (Å²) in [5.74, 6) is 0.705. The molecule has 1 aromatic rings. The number of sulfonamides is 1. The zero-order valence-corrected chi connectivity index (χ0v) is 19.7. The van der Waals surface area contributed by atoms with Crippen LogP contribution in [0, 0.1) is 0 Å². The Balaban J connectivity index is 0.00000392. The van der Waals surface area contributed by atoms with Crippen molar-refractivity contribution in [3.8, 4) is 0 Å². The fraction of sp³-hybridized carbons (Fsp3) is 0.632. The van der Waals surface area contributed by atoms with E-state index in [1.54, 1.807) is 12.1 Å². The molecule has 1 saturated carbocycles. The molecule has 1 aliphatic rings. The lowest BCUT2D eigenvalue weighted by Crippen LogP contribution is -2.38. The van der Waals surface area contributed by atoms with Crippen LogP contribution < -0.4 is 15.8 Å². The highest BCUT2D eigenvalue weighted by molar-refractivity contribution is 14.0. The molecular formula is C19H33IN4O3S. The molecule has 0 saturated heterocycles. The van der Waals surface area contributed by atoms with Gasteiger partial charge in [0.2, 0.25) is 10.0 Å². The third-order valence-corrected chi connectivity index (χ3v) is 5.42. The van der Waals surface area contributed by atoms with Crippen LogP contribution in [0.5, 0.6) is 0 Å². The molecule has 1 aliphatic carbocycles. The van der Waals surface area contributed by atoms with Gasteiger partial charge in [-0.2, -0.15) is 0 Å². The zero-order chi connectivity index (χ0) is 19.5. The average molecular weight is 524 g/mol. The molecule has 0 aliphatic heterocycles. The van der Waals surface area contributed by atoms with Crippen LogP contribution >= 0.6 is 24.0 Å². The lowest BCUT2D eigenvalue weighted by Gasteiger charge is -2.22. The van der Waals surface area contributed by atoms with Crippen LogP contribution in [0.2, 0.25) is 0 Å². The van der Waals surface area contributed by atoms with Gasteiger partial charge in [0.15, 0.2) is 5.96 Å². The molecule has 9 heteroatoms. The number of hydrogen-bond donors (Lipinski definition) is 3. The number of aliphatic imine (C=N–C) groups is 1. The van der Waals surface area contributed by atoms with E-state index in [0.29, 0.717) is 18.6 Å². The number of ether oxygens (including phenoxy) is 1. The van der Waals surface area contributed by atoms with Crippen molar-refractivity contribution < 1.29 is 13.2 Å². The topological polar surface area (TPSA) is 106 Å². The zero-order valence-electron chi connectivity index (χ0n) is 16.5. The molecule has 0 bridgehead atoms. The number of primary sulfonamides is 1. The van der Waals surface area contributed by atoms with Gasteiger partial charge in [0, 0.05) is 19.7 Å². The number of nitrogens with zero attached hydrogens (tertiary/aromatic N) is 1. The maximum absolute atomic E-state index is 11.4. The van der Waals surface area contributed by atoms with Gasteiger partial charge in [-0.3, -0.25) is 0 Å². The fourth-order valence-electron chi connectivity index (χ4n) is 3.09. The molecule has 0 aromatic heterocycles. The number of nitrogens with two attached hydrogens (primary N) is 1. The van der Waals surface area contributed by atoms with Gasteiger partial charge in [0.05, 0.1) is 17.5 Å². The highest BCUT2D eigenvalue weighted by Gasteiger charge is 2.13. The van der Waals surface area contributed by atoms with Crippen LogP contribution in [-0.4, -0.2) is 40.2 Å². The molecule has 28 heavy (non-hydrogen) atoms. The number of guanidine groups is 1. The first-order valence-corrected chi connectivity index (χ1v) is 11.3. The van der Waals surface area contributed by atoms with Crippen molar-refractivity contribution in [2.24, 2.45) is 10.1 Å². The van der Waals surface area contributed by atoms with Crippen LogP contribution in [0.15, 0.2) is 34.2 Å². The Morgan fingerprint density at radius 3 is 2.68 bits per heavy atom. The minimum absolute atomic E-state index is 0. The monoisotopic (exact) mass is 524 g/mol. The summed E-state index contributed by atoms with van der Waals surface area (Å²) < 4.78 is 28.8. The van der Waals surface area contributed by atoms with Crippen LogP contribution in [0.3, 0.4) is 0 Å². The quantitative estimate of drug-likeness (QED) is 0.200. The third kappa shape index (κ3) is 9.53. The minimum atomic E-state index is -3.70. The van der Waals surface area contributed by atoms with Gasteiger partial charge in [-0.15, -0.1) is 24.0 Å². The van der Waals surface area contributed by atoms with E-state index in [1.807, 2.05) is 13.0 Å². The van der Waals surface area contributed by atoms with E-state index in [-0.39, 0.29) is 28.9 Å². The molecule has 0 atom stereocenters. The van der Waals surface area contributed by atoms with Gasteiger partial charge in [-0.1, -0.05) is 31.4 Å². The number of hydrogen-bond acceptors (Lipinski definition) is 4. The van der Waals surface area contributed by atoms with E-state index in [9.17, 15) is 8.42 Å². The van der Waals surface area contributed by atoms with E-state index in [2.05, 4.69) is 15.6 Å². The van der Waals surface area contributed by atoms with Crippen LogP contribution in [0.25, 0.3) is 0 Å². The summed E-state index contributed by atoms with van der Waals surface area (Å²) in [6.45, 7) is 4.66. The van der Waals surface area contributed by atoms with Gasteiger partial charge in [0.25, 0.3) is 0 Å². The second kappa shape index (κ2) is 13.3. The highest BCUT2D eigenvalue weighted by atomic mass is 127. The molecule has 0 radical (unpaired) electrons. The van der Waals surface area contributed by atoms with E-state index in [4.69, 9.17) is 9.88 Å². The number of benzene rings is 1. The van der Waals surface area contributed by atoms with Crippen molar-refractivity contribution in [2.75, 3.05) is 19.7 Å². The van der Waals surface area contributed by atoms with Crippen molar-refractivity contribution in [3.05, 3.63) is 29.8 Å². The SMILES string of the molecule is CCNC(=NCc1cccc(S(N)(=O)=O)c1)NCCCOC1CCCCC1.I. The third-order valence-electron chi connectivity index (χ3n) is 4.51. The van der Waals surface area contributed by atoms with Crippen LogP contribution in [-0.2, 0) is 21.3 Å². The van der Waals surface area contributed by atoms with Gasteiger partial charge >= 0.3 is 0 Å². The van der Waals surface area contributed by atoms with Crippen molar-refractivity contribution in [3.63, 3.8) is 0 Å². The summed E-state index contributed by atoms with van der Waals surface area (Å²) in [6, 6.07) is 6.55. The first-order chi connectivity index (χ1) is 13.0. The lowest BCUT2D eigenvalue weighted by molar-refractivity contribution is 0.0277. The number of nitrogens with one attached hydrogen (secondary N) is 2. The largest absolute Gasteiger partial charge is 0.378 e. The smallest absolute Gasteiger partial charge is 0.238 e. The standard InChI is InChI=1S/C19H32N4O3S.HI/c1-2-21-19(22-12-7-13-26-17-9-4-3-5-10-17)23-15-16-8-6-11-18(14-16)27(20,24)25;/h6,8,11,14,17H,2-5,7,9-10,12-13,15H2,1H3,(H2,20,24,25)(H2,21,22,23);1H.